The van der Waals surface area contributed by atoms with Gasteiger partial charge in [-0.05, 0) is 80.0 Å². The van der Waals surface area contributed by atoms with Crippen LogP contribution in [-0.2, 0) is 25.9 Å². The zero-order valence-corrected chi connectivity index (χ0v) is 26.0. The Morgan fingerprint density at radius 3 is 2.57 bits per heavy atom. The Labute approximate surface area is 255 Å². The number of benzene rings is 1. The van der Waals surface area contributed by atoms with Crippen LogP contribution in [0.4, 0.5) is 20.4 Å². The maximum atomic E-state index is 15.1. The van der Waals surface area contributed by atoms with Crippen molar-refractivity contribution in [2.24, 2.45) is 11.7 Å². The number of anilines is 2. The van der Waals surface area contributed by atoms with Crippen LogP contribution in [0.15, 0.2) is 48.9 Å². The SMILES string of the molecule is CC(C)OCc1cc(F)c(-c2ccc3cnc(Nc4cnccc4C4CC(C)C(OCCS(C)(=O)=O)C(N)C4)n3n2)c(F)c1. The lowest BCUT2D eigenvalue weighted by molar-refractivity contribution is -0.0152. The Morgan fingerprint density at radius 2 is 1.89 bits per heavy atom. The van der Waals surface area contributed by atoms with Crippen molar-refractivity contribution in [3.63, 3.8) is 0 Å². The van der Waals surface area contributed by atoms with E-state index in [-0.39, 0.29) is 60.3 Å². The maximum Gasteiger partial charge on any atom is 0.229 e. The quantitative estimate of drug-likeness (QED) is 0.235. The fourth-order valence-corrected chi connectivity index (χ4v) is 6.14. The molecule has 1 aromatic carbocycles. The number of imidazole rings is 1. The molecule has 4 aromatic rings. The minimum Gasteiger partial charge on any atom is -0.375 e. The Balaban J connectivity index is 1.37. The number of rotatable bonds is 11. The van der Waals surface area contributed by atoms with E-state index in [1.54, 1.807) is 30.7 Å². The Bertz CT molecular complexity index is 1700. The van der Waals surface area contributed by atoms with Crippen molar-refractivity contribution >= 4 is 27.0 Å². The largest absolute Gasteiger partial charge is 0.375 e. The lowest BCUT2D eigenvalue weighted by atomic mass is 9.74. The molecule has 0 bridgehead atoms. The van der Waals surface area contributed by atoms with Gasteiger partial charge >= 0.3 is 0 Å². The van der Waals surface area contributed by atoms with Gasteiger partial charge in [0.1, 0.15) is 21.5 Å². The van der Waals surface area contributed by atoms with Gasteiger partial charge in [-0.3, -0.25) is 4.98 Å². The van der Waals surface area contributed by atoms with E-state index in [2.05, 4.69) is 27.3 Å². The summed E-state index contributed by atoms with van der Waals surface area (Å²) < 4.78 is 66.2. The number of pyridine rings is 1. The molecule has 1 aliphatic carbocycles. The van der Waals surface area contributed by atoms with Crippen molar-refractivity contribution < 1.29 is 26.7 Å². The Kier molecular flexibility index (Phi) is 9.59. The predicted molar refractivity (Wildman–Crippen MR) is 164 cm³/mol. The fourth-order valence-electron chi connectivity index (χ4n) is 5.75. The van der Waals surface area contributed by atoms with Crippen molar-refractivity contribution in [3.05, 3.63) is 71.7 Å². The first-order valence-electron chi connectivity index (χ1n) is 14.6. The predicted octanol–water partition coefficient (Wildman–Crippen LogP) is 5.01. The summed E-state index contributed by atoms with van der Waals surface area (Å²) in [6.45, 7) is 5.98. The van der Waals surface area contributed by atoms with Crippen LogP contribution in [0, 0.1) is 17.6 Å². The van der Waals surface area contributed by atoms with Gasteiger partial charge in [-0.15, -0.1) is 0 Å². The van der Waals surface area contributed by atoms with Gasteiger partial charge in [0.05, 0.1) is 66.0 Å². The number of fused-ring (bicyclic) bond motifs is 1. The lowest BCUT2D eigenvalue weighted by Gasteiger charge is -2.39. The van der Waals surface area contributed by atoms with E-state index >= 15 is 8.78 Å². The first kappa shape index (κ1) is 31.9. The summed E-state index contributed by atoms with van der Waals surface area (Å²) in [6.07, 6.45) is 7.31. The van der Waals surface area contributed by atoms with E-state index in [9.17, 15) is 8.42 Å². The summed E-state index contributed by atoms with van der Waals surface area (Å²) in [6, 6.07) is 7.43. The highest BCUT2D eigenvalue weighted by Gasteiger charge is 2.36. The van der Waals surface area contributed by atoms with Gasteiger partial charge < -0.3 is 20.5 Å². The summed E-state index contributed by atoms with van der Waals surface area (Å²) >= 11 is 0. The fraction of sp³-hybridized carbons (Fsp3) is 0.452. The minimum atomic E-state index is -3.13. The summed E-state index contributed by atoms with van der Waals surface area (Å²) in [5, 5.41) is 7.84. The highest BCUT2D eigenvalue weighted by atomic mass is 32.2. The summed E-state index contributed by atoms with van der Waals surface area (Å²) in [4.78, 5) is 8.77. The van der Waals surface area contributed by atoms with Crippen LogP contribution in [0.3, 0.4) is 0 Å². The van der Waals surface area contributed by atoms with E-state index in [4.69, 9.17) is 15.2 Å². The van der Waals surface area contributed by atoms with E-state index in [0.717, 1.165) is 12.0 Å². The second kappa shape index (κ2) is 13.2. The molecule has 13 heteroatoms. The number of ether oxygens (including phenoxy) is 2. The van der Waals surface area contributed by atoms with Crippen LogP contribution in [0.25, 0.3) is 16.8 Å². The van der Waals surface area contributed by atoms with E-state index in [1.165, 1.54) is 22.9 Å². The summed E-state index contributed by atoms with van der Waals surface area (Å²) in [7, 11) is -3.13. The first-order valence-corrected chi connectivity index (χ1v) is 16.7. The molecular weight excluding hydrogens is 590 g/mol. The topological polar surface area (TPSA) is 134 Å². The number of sulfone groups is 1. The molecule has 0 amide bonds. The van der Waals surface area contributed by atoms with Crippen LogP contribution < -0.4 is 11.1 Å². The standard InChI is InChI=1S/C31H38F2N6O4S/c1-18(2)43-17-20-12-24(32)29(25(33)13-20)27-6-5-22-15-36-31(39(22)38-27)37-28-16-35-8-7-23(28)21-11-19(3)30(26(34)14-21)42-9-10-44(4,40)41/h5-8,12-13,15-16,18-19,21,26,30H,9-11,14,17,34H2,1-4H3,(H,36,37). The molecule has 236 valence electrons. The molecule has 44 heavy (non-hydrogen) atoms. The Morgan fingerprint density at radius 1 is 1.14 bits per heavy atom. The van der Waals surface area contributed by atoms with Crippen LogP contribution in [-0.4, -0.2) is 64.9 Å². The molecular formula is C31H38F2N6O4S. The normalized spacial score (nSPS) is 20.8. The monoisotopic (exact) mass is 628 g/mol. The van der Waals surface area contributed by atoms with Crippen LogP contribution in [0.5, 0.6) is 0 Å². The molecule has 0 radical (unpaired) electrons. The lowest BCUT2D eigenvalue weighted by Crippen LogP contribution is -2.47. The molecule has 3 N–H and O–H groups in total. The van der Waals surface area contributed by atoms with Crippen molar-refractivity contribution in [2.45, 2.75) is 64.4 Å². The summed E-state index contributed by atoms with van der Waals surface area (Å²) in [5.41, 5.74) is 9.14. The average molecular weight is 629 g/mol. The van der Waals surface area contributed by atoms with Crippen molar-refractivity contribution in [2.75, 3.05) is 23.9 Å². The number of hydrogen-bond acceptors (Lipinski definition) is 9. The number of aromatic nitrogens is 4. The maximum absolute atomic E-state index is 15.1. The number of nitrogens with two attached hydrogens (primary N) is 1. The molecule has 5 rings (SSSR count). The third-order valence-corrected chi connectivity index (χ3v) is 8.73. The molecule has 0 spiro atoms. The minimum absolute atomic E-state index is 0.0450. The third kappa shape index (κ3) is 7.40. The second-order valence-electron chi connectivity index (χ2n) is 11.8. The molecule has 1 aliphatic rings. The third-order valence-electron chi connectivity index (χ3n) is 7.83. The number of nitrogens with zero attached hydrogens (tertiary/aromatic N) is 4. The molecule has 4 unspecified atom stereocenters. The van der Waals surface area contributed by atoms with Gasteiger partial charge in [0.25, 0.3) is 0 Å². The molecule has 1 saturated carbocycles. The molecule has 4 atom stereocenters. The van der Waals surface area contributed by atoms with Crippen molar-refractivity contribution in [1.29, 1.82) is 0 Å². The molecule has 10 nitrogen and oxygen atoms in total. The second-order valence-corrected chi connectivity index (χ2v) is 14.1. The van der Waals surface area contributed by atoms with Crippen molar-refractivity contribution in [3.8, 4) is 11.3 Å². The number of hydrogen-bond donors (Lipinski definition) is 2. The molecule has 0 saturated heterocycles. The van der Waals surface area contributed by atoms with Gasteiger partial charge in [0, 0.05) is 18.5 Å². The van der Waals surface area contributed by atoms with Gasteiger partial charge in [0.15, 0.2) is 0 Å². The van der Waals surface area contributed by atoms with E-state index in [0.29, 0.717) is 29.1 Å². The highest BCUT2D eigenvalue weighted by Crippen LogP contribution is 2.40. The summed E-state index contributed by atoms with van der Waals surface area (Å²) in [5.74, 6) is -0.981. The van der Waals surface area contributed by atoms with E-state index in [1.807, 2.05) is 19.9 Å². The molecule has 0 aliphatic heterocycles. The van der Waals surface area contributed by atoms with Gasteiger partial charge in [-0.1, -0.05) is 6.92 Å². The van der Waals surface area contributed by atoms with Gasteiger partial charge in [-0.2, -0.15) is 9.61 Å². The molecule has 1 fully saturated rings. The van der Waals surface area contributed by atoms with E-state index < -0.39 is 21.5 Å². The highest BCUT2D eigenvalue weighted by molar-refractivity contribution is 7.90. The molecule has 3 aromatic heterocycles. The zero-order chi connectivity index (χ0) is 31.6. The van der Waals surface area contributed by atoms with Crippen LogP contribution in [0.2, 0.25) is 0 Å². The number of nitrogens with one attached hydrogen (secondary N) is 1. The van der Waals surface area contributed by atoms with Crippen molar-refractivity contribution in [1.82, 2.24) is 19.6 Å². The Hall–Kier alpha value is -3.52. The van der Waals surface area contributed by atoms with Gasteiger partial charge in [-0.25, -0.2) is 22.2 Å². The smallest absolute Gasteiger partial charge is 0.229 e. The van der Waals surface area contributed by atoms with Gasteiger partial charge in [0.2, 0.25) is 5.95 Å². The first-order chi connectivity index (χ1) is 20.9. The zero-order valence-electron chi connectivity index (χ0n) is 25.2. The molecule has 3 heterocycles. The van der Waals surface area contributed by atoms with Crippen LogP contribution in [0.1, 0.15) is 50.7 Å². The number of halogens is 2. The van der Waals surface area contributed by atoms with Crippen LogP contribution >= 0.6 is 0 Å². The average Bonchev–Trinajstić information content (AvgIpc) is 3.34.